The van der Waals surface area contributed by atoms with E-state index >= 15 is 0 Å². The third-order valence-corrected chi connectivity index (χ3v) is 6.18. The van der Waals surface area contributed by atoms with Gasteiger partial charge in [-0.2, -0.15) is 0 Å². The van der Waals surface area contributed by atoms with Crippen LogP contribution < -0.4 is 0 Å². The van der Waals surface area contributed by atoms with Crippen molar-refractivity contribution in [3.05, 3.63) is 0 Å². The van der Waals surface area contributed by atoms with E-state index in [0.29, 0.717) is 18.4 Å². The van der Waals surface area contributed by atoms with Crippen LogP contribution >= 0.6 is 18.0 Å². The SMILES string of the molecule is CCOP(C)(=O)SCCN(CC(C)C)CC(C)C. The lowest BCUT2D eigenvalue weighted by molar-refractivity contribution is 0.232. The van der Waals surface area contributed by atoms with E-state index in [1.165, 1.54) is 11.4 Å². The lowest BCUT2D eigenvalue weighted by Gasteiger charge is -2.26. The van der Waals surface area contributed by atoms with Crippen molar-refractivity contribution >= 4 is 18.0 Å². The highest BCUT2D eigenvalue weighted by atomic mass is 32.7. The van der Waals surface area contributed by atoms with Crippen molar-refractivity contribution in [1.82, 2.24) is 4.90 Å². The number of hydrogen-bond donors (Lipinski definition) is 0. The summed E-state index contributed by atoms with van der Waals surface area (Å²) in [6.07, 6.45) is 0. The Hall–Kier alpha value is 0.500. The van der Waals surface area contributed by atoms with Crippen LogP contribution in [0, 0.1) is 11.8 Å². The minimum Gasteiger partial charge on any atom is -0.322 e. The first-order valence-corrected chi connectivity index (χ1v) is 10.5. The van der Waals surface area contributed by atoms with Gasteiger partial charge >= 0.3 is 0 Å². The van der Waals surface area contributed by atoms with Gasteiger partial charge in [0.1, 0.15) is 0 Å². The molecule has 0 amide bonds. The molecule has 1 unspecified atom stereocenters. The fourth-order valence-corrected chi connectivity index (χ4v) is 4.89. The molecule has 0 saturated heterocycles. The summed E-state index contributed by atoms with van der Waals surface area (Å²) in [4.78, 5) is 2.47. The zero-order valence-corrected chi connectivity index (χ0v) is 14.5. The molecular weight excluding hydrogens is 265 g/mol. The standard InChI is InChI=1S/C13H30NO2PS/c1-7-16-17(6,15)18-9-8-14(10-12(2)3)11-13(4)5/h12-13H,7-11H2,1-6H3. The Morgan fingerprint density at radius 2 is 1.67 bits per heavy atom. The molecular formula is C13H30NO2PS. The number of nitrogens with zero attached hydrogens (tertiary/aromatic N) is 1. The van der Waals surface area contributed by atoms with Crippen molar-refractivity contribution in [2.75, 3.05) is 38.7 Å². The minimum absolute atomic E-state index is 0.530. The summed E-state index contributed by atoms with van der Waals surface area (Å²) in [5.41, 5.74) is 0. The molecule has 0 rings (SSSR count). The summed E-state index contributed by atoms with van der Waals surface area (Å²) in [7, 11) is 0. The topological polar surface area (TPSA) is 29.5 Å². The van der Waals surface area contributed by atoms with Crippen LogP contribution in [0.4, 0.5) is 0 Å². The van der Waals surface area contributed by atoms with E-state index in [1.807, 2.05) is 6.92 Å². The van der Waals surface area contributed by atoms with Gasteiger partial charge in [-0.25, -0.2) is 0 Å². The second-order valence-electron chi connectivity index (χ2n) is 5.57. The summed E-state index contributed by atoms with van der Waals surface area (Å²) in [6, 6.07) is 0. The monoisotopic (exact) mass is 295 g/mol. The molecule has 0 spiro atoms. The molecule has 0 aliphatic heterocycles. The Morgan fingerprint density at radius 3 is 2.06 bits per heavy atom. The quantitative estimate of drug-likeness (QED) is 0.565. The summed E-state index contributed by atoms with van der Waals surface area (Å²) >= 11 is 1.48. The van der Waals surface area contributed by atoms with Crippen molar-refractivity contribution in [2.24, 2.45) is 11.8 Å². The molecule has 0 N–H and O–H groups in total. The van der Waals surface area contributed by atoms with Crippen LogP contribution in [-0.2, 0) is 9.09 Å². The predicted molar refractivity (Wildman–Crippen MR) is 83.7 cm³/mol. The van der Waals surface area contributed by atoms with Crippen LogP contribution in [0.25, 0.3) is 0 Å². The first-order chi connectivity index (χ1) is 8.26. The van der Waals surface area contributed by atoms with Gasteiger partial charge in [0.15, 0.2) is 0 Å². The molecule has 110 valence electrons. The Kier molecular flexibility index (Phi) is 9.67. The third kappa shape index (κ3) is 10.4. The first kappa shape index (κ1) is 18.5. The van der Waals surface area contributed by atoms with Gasteiger partial charge in [0.2, 0.25) is 0 Å². The van der Waals surface area contributed by atoms with E-state index in [4.69, 9.17) is 4.52 Å². The molecule has 0 heterocycles. The second-order valence-corrected chi connectivity index (χ2v) is 10.8. The molecule has 3 nitrogen and oxygen atoms in total. The highest BCUT2D eigenvalue weighted by Crippen LogP contribution is 2.55. The zero-order chi connectivity index (χ0) is 14.2. The molecule has 0 aromatic rings. The number of rotatable bonds is 10. The lowest BCUT2D eigenvalue weighted by atomic mass is 10.1. The molecule has 5 heteroatoms. The van der Waals surface area contributed by atoms with Crippen molar-refractivity contribution in [3.63, 3.8) is 0 Å². The molecule has 0 radical (unpaired) electrons. The zero-order valence-electron chi connectivity index (χ0n) is 12.8. The van der Waals surface area contributed by atoms with Gasteiger partial charge in [0.05, 0.1) is 6.61 Å². The lowest BCUT2D eigenvalue weighted by Crippen LogP contribution is -2.33. The van der Waals surface area contributed by atoms with Crippen LogP contribution in [0.2, 0.25) is 0 Å². The molecule has 0 bridgehead atoms. The molecule has 18 heavy (non-hydrogen) atoms. The van der Waals surface area contributed by atoms with Gasteiger partial charge in [-0.3, -0.25) is 4.57 Å². The molecule has 0 aliphatic rings. The van der Waals surface area contributed by atoms with E-state index in [-0.39, 0.29) is 0 Å². The molecule has 1 atom stereocenters. The average molecular weight is 295 g/mol. The largest absolute Gasteiger partial charge is 0.322 e. The van der Waals surface area contributed by atoms with Crippen molar-refractivity contribution < 1.29 is 9.09 Å². The van der Waals surface area contributed by atoms with Gasteiger partial charge in [0.25, 0.3) is 6.57 Å². The highest BCUT2D eigenvalue weighted by Gasteiger charge is 2.17. The van der Waals surface area contributed by atoms with Crippen molar-refractivity contribution in [1.29, 1.82) is 0 Å². The molecule has 0 fully saturated rings. The summed E-state index contributed by atoms with van der Waals surface area (Å²) in [5, 5.41) is 0. The van der Waals surface area contributed by atoms with E-state index in [9.17, 15) is 4.57 Å². The van der Waals surface area contributed by atoms with Gasteiger partial charge < -0.3 is 9.42 Å². The van der Waals surface area contributed by atoms with Crippen LogP contribution in [0.3, 0.4) is 0 Å². The molecule has 0 aromatic carbocycles. The summed E-state index contributed by atoms with van der Waals surface area (Å²) in [6.45, 7) is 13.9. The summed E-state index contributed by atoms with van der Waals surface area (Å²) < 4.78 is 17.2. The Balaban J connectivity index is 4.06. The molecule has 0 saturated carbocycles. The van der Waals surface area contributed by atoms with E-state index in [2.05, 4.69) is 32.6 Å². The second kappa shape index (κ2) is 9.41. The highest BCUT2D eigenvalue weighted by molar-refractivity contribution is 8.56. The maximum atomic E-state index is 12.0. The van der Waals surface area contributed by atoms with Crippen LogP contribution in [0.1, 0.15) is 34.6 Å². The number of hydrogen-bond acceptors (Lipinski definition) is 4. The predicted octanol–water partition coefficient (Wildman–Crippen LogP) is 4.19. The van der Waals surface area contributed by atoms with Gasteiger partial charge in [-0.15, -0.1) is 0 Å². The molecule has 0 aliphatic carbocycles. The van der Waals surface area contributed by atoms with E-state index in [0.717, 1.165) is 25.4 Å². The van der Waals surface area contributed by atoms with Crippen LogP contribution in [0.5, 0.6) is 0 Å². The molecule has 0 aromatic heterocycles. The van der Waals surface area contributed by atoms with Gasteiger partial charge in [0, 0.05) is 32.1 Å². The van der Waals surface area contributed by atoms with E-state index in [1.54, 1.807) is 6.66 Å². The third-order valence-electron chi connectivity index (χ3n) is 2.34. The van der Waals surface area contributed by atoms with Gasteiger partial charge in [-0.05, 0) is 18.8 Å². The fourth-order valence-electron chi connectivity index (χ4n) is 1.90. The maximum Gasteiger partial charge on any atom is 0.254 e. The van der Waals surface area contributed by atoms with E-state index < -0.39 is 6.57 Å². The van der Waals surface area contributed by atoms with Crippen molar-refractivity contribution in [3.8, 4) is 0 Å². The van der Waals surface area contributed by atoms with Crippen LogP contribution in [0.15, 0.2) is 0 Å². The summed E-state index contributed by atoms with van der Waals surface area (Å²) in [5.74, 6) is 2.23. The Bertz CT molecular complexity index is 249. The van der Waals surface area contributed by atoms with Crippen molar-refractivity contribution in [2.45, 2.75) is 34.6 Å². The van der Waals surface area contributed by atoms with Gasteiger partial charge in [-0.1, -0.05) is 39.1 Å². The fraction of sp³-hybridized carbons (Fsp3) is 1.00. The first-order valence-electron chi connectivity index (χ1n) is 6.85. The normalized spacial score (nSPS) is 15.6. The minimum atomic E-state index is -2.43. The Labute approximate surface area is 117 Å². The smallest absolute Gasteiger partial charge is 0.254 e. The van der Waals surface area contributed by atoms with Crippen LogP contribution in [-0.4, -0.2) is 43.6 Å². The average Bonchev–Trinajstić information content (AvgIpc) is 2.14. The maximum absolute atomic E-state index is 12.0. The Morgan fingerprint density at radius 1 is 1.17 bits per heavy atom.